The molecule has 1 aromatic rings. The van der Waals surface area contributed by atoms with Crippen molar-refractivity contribution >= 4 is 17.6 Å². The van der Waals surface area contributed by atoms with E-state index in [1.54, 1.807) is 0 Å². The molecule has 8 heteroatoms. The Bertz CT molecular complexity index is 612. The first-order valence-electron chi connectivity index (χ1n) is 6.47. The van der Waals surface area contributed by atoms with E-state index in [4.69, 9.17) is 0 Å². The average molecular weight is 315 g/mol. The van der Waals surface area contributed by atoms with Crippen LogP contribution in [-0.2, 0) is 9.59 Å². The van der Waals surface area contributed by atoms with Crippen LogP contribution in [0.3, 0.4) is 0 Å². The number of ether oxygens (including phenoxy) is 1. The van der Waals surface area contributed by atoms with E-state index >= 15 is 0 Å². The molecule has 1 saturated heterocycles. The Morgan fingerprint density at radius 2 is 2.05 bits per heavy atom. The van der Waals surface area contributed by atoms with Crippen molar-refractivity contribution in [2.45, 2.75) is 25.6 Å². The number of piperidine rings is 1. The van der Waals surface area contributed by atoms with Gasteiger partial charge >= 0.3 is 6.36 Å². The smallest absolute Gasteiger partial charge is 0.406 e. The summed E-state index contributed by atoms with van der Waals surface area (Å²) in [4.78, 5) is 34.6. The molecule has 0 spiro atoms. The molecular weight excluding hydrogens is 303 g/mol. The highest BCUT2D eigenvalue weighted by molar-refractivity contribution is 6.03. The number of alkyl halides is 3. The fourth-order valence-corrected chi connectivity index (χ4v) is 2.14. The third kappa shape index (κ3) is 4.31. The third-order valence-electron chi connectivity index (χ3n) is 3.17. The van der Waals surface area contributed by atoms with E-state index in [0.29, 0.717) is 0 Å². The van der Waals surface area contributed by atoms with Gasteiger partial charge in [-0.3, -0.25) is 19.7 Å². The largest absolute Gasteiger partial charge is 0.573 e. The molecule has 22 heavy (non-hydrogen) atoms. The lowest BCUT2D eigenvalue weighted by Gasteiger charge is -2.20. The van der Waals surface area contributed by atoms with Gasteiger partial charge in [-0.2, -0.15) is 0 Å². The zero-order valence-corrected chi connectivity index (χ0v) is 11.3. The van der Waals surface area contributed by atoms with Gasteiger partial charge in [0, 0.05) is 24.3 Å². The molecule has 0 radical (unpaired) electrons. The number of carbonyl (C=O) groups excluding carboxylic acids is 3. The zero-order chi connectivity index (χ0) is 16.3. The highest BCUT2D eigenvalue weighted by Gasteiger charge is 2.32. The minimum Gasteiger partial charge on any atom is -0.406 e. The molecule has 1 heterocycles. The molecule has 1 atom stereocenters. The highest BCUT2D eigenvalue weighted by Crippen LogP contribution is 2.25. The maximum absolute atomic E-state index is 12.1. The number of rotatable bonds is 4. The van der Waals surface area contributed by atoms with Crippen molar-refractivity contribution in [3.8, 4) is 5.75 Å². The molecule has 1 fully saturated rings. The average Bonchev–Trinajstić information content (AvgIpc) is 2.40. The van der Waals surface area contributed by atoms with Crippen molar-refractivity contribution in [1.29, 1.82) is 0 Å². The van der Waals surface area contributed by atoms with Crippen LogP contribution in [0.2, 0.25) is 0 Å². The first-order chi connectivity index (χ1) is 10.2. The van der Waals surface area contributed by atoms with Gasteiger partial charge in [0.15, 0.2) is 5.78 Å². The highest BCUT2D eigenvalue weighted by atomic mass is 19.4. The predicted octanol–water partition coefficient (Wildman–Crippen LogP) is 2.21. The second-order valence-electron chi connectivity index (χ2n) is 4.85. The molecular formula is C14H12F3NO4. The van der Waals surface area contributed by atoms with Gasteiger partial charge in [-0.1, -0.05) is 12.1 Å². The predicted molar refractivity (Wildman–Crippen MR) is 67.9 cm³/mol. The maximum Gasteiger partial charge on any atom is 0.573 e. The van der Waals surface area contributed by atoms with Crippen molar-refractivity contribution in [2.24, 2.45) is 5.92 Å². The topological polar surface area (TPSA) is 72.5 Å². The fourth-order valence-electron chi connectivity index (χ4n) is 2.14. The van der Waals surface area contributed by atoms with Crippen molar-refractivity contribution in [3.05, 3.63) is 29.8 Å². The number of hydrogen-bond donors (Lipinski definition) is 1. The minimum atomic E-state index is -4.84. The molecule has 0 bridgehead atoms. The Labute approximate surface area is 123 Å². The summed E-state index contributed by atoms with van der Waals surface area (Å²) in [6.45, 7) is 0. The van der Waals surface area contributed by atoms with Gasteiger partial charge < -0.3 is 4.74 Å². The lowest BCUT2D eigenvalue weighted by molar-refractivity contribution is -0.274. The van der Waals surface area contributed by atoms with Crippen LogP contribution in [0.1, 0.15) is 29.6 Å². The summed E-state index contributed by atoms with van der Waals surface area (Å²) in [7, 11) is 0. The number of ketones is 1. The van der Waals surface area contributed by atoms with E-state index in [1.807, 2.05) is 0 Å². The molecule has 0 aromatic heterocycles. The number of Topliss-reactive ketones (excluding diaryl/α,β-unsaturated/α-hetero) is 1. The molecule has 1 aliphatic rings. The van der Waals surface area contributed by atoms with Crippen LogP contribution in [-0.4, -0.2) is 24.0 Å². The Kier molecular flexibility index (Phi) is 4.48. The quantitative estimate of drug-likeness (QED) is 0.683. The maximum atomic E-state index is 12.1. The van der Waals surface area contributed by atoms with Crippen molar-refractivity contribution < 1.29 is 32.3 Å². The van der Waals surface area contributed by atoms with Crippen LogP contribution in [0.4, 0.5) is 13.2 Å². The van der Waals surface area contributed by atoms with Gasteiger partial charge in [-0.25, -0.2) is 0 Å². The fraction of sp³-hybridized carbons (Fsp3) is 0.357. The summed E-state index contributed by atoms with van der Waals surface area (Å²) in [5, 5.41) is 2.13. The molecule has 1 unspecified atom stereocenters. The van der Waals surface area contributed by atoms with Crippen LogP contribution in [0.5, 0.6) is 5.75 Å². The second kappa shape index (κ2) is 6.17. The first kappa shape index (κ1) is 16.0. The second-order valence-corrected chi connectivity index (χ2v) is 4.85. The molecule has 0 aliphatic carbocycles. The van der Waals surface area contributed by atoms with Gasteiger partial charge in [-0.05, 0) is 18.6 Å². The summed E-state index contributed by atoms with van der Waals surface area (Å²) in [6.07, 6.45) is -4.63. The van der Waals surface area contributed by atoms with Crippen molar-refractivity contribution in [1.82, 2.24) is 5.32 Å². The standard InChI is InChI=1S/C14H12F3NO4/c15-14(16,17)22-10-3-1-2-8(6-10)11(19)7-9-4-5-12(20)18-13(9)21/h1-3,6,9H,4-5,7H2,(H,18,20,21). The molecule has 118 valence electrons. The number of benzene rings is 1. The molecule has 1 aromatic carbocycles. The van der Waals surface area contributed by atoms with E-state index in [9.17, 15) is 27.6 Å². The molecule has 5 nitrogen and oxygen atoms in total. The third-order valence-corrected chi connectivity index (χ3v) is 3.17. The Morgan fingerprint density at radius 1 is 1.32 bits per heavy atom. The van der Waals surface area contributed by atoms with Gasteiger partial charge in [0.25, 0.3) is 0 Å². The Balaban J connectivity index is 2.05. The van der Waals surface area contributed by atoms with E-state index in [1.165, 1.54) is 12.1 Å². The van der Waals surface area contributed by atoms with Gasteiger partial charge in [0.1, 0.15) is 5.75 Å². The van der Waals surface area contributed by atoms with E-state index in [-0.39, 0.29) is 24.8 Å². The van der Waals surface area contributed by atoms with Crippen LogP contribution < -0.4 is 10.1 Å². The normalized spacial score (nSPS) is 18.8. The summed E-state index contributed by atoms with van der Waals surface area (Å²) in [6, 6.07) is 4.66. The van der Waals surface area contributed by atoms with Crippen LogP contribution >= 0.6 is 0 Å². The summed E-state index contributed by atoms with van der Waals surface area (Å²) < 4.78 is 40.2. The molecule has 1 aliphatic heterocycles. The van der Waals surface area contributed by atoms with Crippen molar-refractivity contribution in [2.75, 3.05) is 0 Å². The SMILES string of the molecule is O=C1CCC(CC(=O)c2cccc(OC(F)(F)F)c2)C(=O)N1. The summed E-state index contributed by atoms with van der Waals surface area (Å²) in [5.41, 5.74) is 0.0199. The molecule has 0 saturated carbocycles. The van der Waals surface area contributed by atoms with E-state index in [0.717, 1.165) is 12.1 Å². The number of halogens is 3. The van der Waals surface area contributed by atoms with Crippen molar-refractivity contribution in [3.63, 3.8) is 0 Å². The van der Waals surface area contributed by atoms with Crippen LogP contribution in [0, 0.1) is 5.92 Å². The molecule has 2 rings (SSSR count). The van der Waals surface area contributed by atoms with E-state index < -0.39 is 35.6 Å². The Morgan fingerprint density at radius 3 is 2.68 bits per heavy atom. The van der Waals surface area contributed by atoms with E-state index in [2.05, 4.69) is 10.1 Å². The number of carbonyl (C=O) groups is 3. The number of hydrogen-bond acceptors (Lipinski definition) is 4. The Hall–Kier alpha value is -2.38. The monoisotopic (exact) mass is 315 g/mol. The lowest BCUT2D eigenvalue weighted by Crippen LogP contribution is -2.41. The zero-order valence-electron chi connectivity index (χ0n) is 11.3. The summed E-state index contributed by atoms with van der Waals surface area (Å²) >= 11 is 0. The first-order valence-corrected chi connectivity index (χ1v) is 6.47. The van der Waals surface area contributed by atoms with Crippen LogP contribution in [0.25, 0.3) is 0 Å². The van der Waals surface area contributed by atoms with Gasteiger partial charge in [0.05, 0.1) is 0 Å². The molecule has 1 N–H and O–H groups in total. The molecule has 2 amide bonds. The minimum absolute atomic E-state index is 0.0199. The van der Waals surface area contributed by atoms with Crippen LogP contribution in [0.15, 0.2) is 24.3 Å². The number of amides is 2. The number of imide groups is 1. The lowest BCUT2D eigenvalue weighted by atomic mass is 9.91. The number of nitrogens with one attached hydrogen (secondary N) is 1. The van der Waals surface area contributed by atoms with Gasteiger partial charge in [-0.15, -0.1) is 13.2 Å². The summed E-state index contributed by atoms with van der Waals surface area (Å²) in [5.74, 6) is -2.57. The van der Waals surface area contributed by atoms with Gasteiger partial charge in [0.2, 0.25) is 11.8 Å².